The van der Waals surface area contributed by atoms with E-state index in [1.54, 1.807) is 18.2 Å². The monoisotopic (exact) mass is 370 g/mol. The highest BCUT2D eigenvalue weighted by molar-refractivity contribution is 6.35. The molecule has 0 aliphatic carbocycles. The molecule has 0 unspecified atom stereocenters. The summed E-state index contributed by atoms with van der Waals surface area (Å²) in [6.45, 7) is 0.247. The van der Waals surface area contributed by atoms with Crippen LogP contribution in [0.5, 0.6) is 17.2 Å². The summed E-state index contributed by atoms with van der Waals surface area (Å²) in [6, 6.07) is 8.05. The maximum absolute atomic E-state index is 11.4. The van der Waals surface area contributed by atoms with Crippen LogP contribution in [-0.4, -0.2) is 31.9 Å². The highest BCUT2D eigenvalue weighted by atomic mass is 35.5. The molecule has 7 heteroatoms. The Morgan fingerprint density at radius 1 is 1.04 bits per heavy atom. The number of halogens is 2. The summed E-state index contributed by atoms with van der Waals surface area (Å²) in [6.07, 6.45) is 0.503. The minimum absolute atomic E-state index is 0.00477. The topological polar surface area (TPSA) is 65.0 Å². The summed E-state index contributed by atoms with van der Waals surface area (Å²) >= 11 is 12.0. The van der Waals surface area contributed by atoms with E-state index >= 15 is 0 Å². The Morgan fingerprint density at radius 3 is 2.29 bits per heavy atom. The first-order valence-electron chi connectivity index (χ1n) is 7.02. The van der Waals surface area contributed by atoms with Gasteiger partial charge in [0.05, 0.1) is 20.8 Å². The van der Waals surface area contributed by atoms with Crippen LogP contribution in [0, 0.1) is 0 Å². The molecular weight excluding hydrogens is 355 g/mol. The zero-order valence-electron chi connectivity index (χ0n) is 13.1. The first-order valence-corrected chi connectivity index (χ1v) is 7.78. The molecule has 0 radical (unpaired) electrons. The molecule has 0 spiro atoms. The van der Waals surface area contributed by atoms with Gasteiger partial charge < -0.3 is 19.3 Å². The molecule has 128 valence electrons. The van der Waals surface area contributed by atoms with E-state index in [1.165, 1.54) is 26.4 Å². The van der Waals surface area contributed by atoms with Crippen LogP contribution in [-0.2, 0) is 6.42 Å². The van der Waals surface area contributed by atoms with Gasteiger partial charge in [0.15, 0.2) is 11.5 Å². The van der Waals surface area contributed by atoms with Crippen LogP contribution in [0.25, 0.3) is 0 Å². The zero-order valence-corrected chi connectivity index (χ0v) is 14.6. The van der Waals surface area contributed by atoms with Crippen molar-refractivity contribution in [3.8, 4) is 17.2 Å². The van der Waals surface area contributed by atoms with E-state index < -0.39 is 5.97 Å². The zero-order chi connectivity index (χ0) is 17.7. The molecule has 2 aromatic rings. The SMILES string of the molecule is COc1cc(OCCc2ccc(Cl)cc2Cl)c(C(=O)O)cc1OC. The highest BCUT2D eigenvalue weighted by Gasteiger charge is 2.17. The first-order chi connectivity index (χ1) is 11.5. The van der Waals surface area contributed by atoms with E-state index in [1.807, 2.05) is 0 Å². The fourth-order valence-corrected chi connectivity index (χ4v) is 2.65. The average Bonchev–Trinajstić information content (AvgIpc) is 2.56. The van der Waals surface area contributed by atoms with E-state index in [0.29, 0.717) is 28.0 Å². The Labute approximate surface area is 149 Å². The predicted octanol–water partition coefficient (Wildman–Crippen LogP) is 4.33. The number of carboxylic acid groups (broad SMARTS) is 1. The average molecular weight is 371 g/mol. The Morgan fingerprint density at radius 2 is 1.71 bits per heavy atom. The second-order valence-corrected chi connectivity index (χ2v) is 5.69. The second-order valence-electron chi connectivity index (χ2n) is 4.84. The molecule has 0 aromatic heterocycles. The standard InChI is InChI=1S/C17H16Cl2O5/c1-22-15-8-12(17(20)21)14(9-16(15)23-2)24-6-5-10-3-4-11(18)7-13(10)19/h3-4,7-9H,5-6H2,1-2H3,(H,20,21). The molecule has 0 bridgehead atoms. The van der Waals surface area contributed by atoms with E-state index in [0.717, 1.165) is 5.56 Å². The predicted molar refractivity (Wildman–Crippen MR) is 92.2 cm³/mol. The van der Waals surface area contributed by atoms with Gasteiger partial charge in [-0.05, 0) is 17.7 Å². The first kappa shape index (κ1) is 18.2. The van der Waals surface area contributed by atoms with Crippen molar-refractivity contribution in [2.45, 2.75) is 6.42 Å². The van der Waals surface area contributed by atoms with Gasteiger partial charge in [0, 0.05) is 28.6 Å². The Hall–Kier alpha value is -2.11. The molecule has 0 fully saturated rings. The Bertz CT molecular complexity index is 746. The van der Waals surface area contributed by atoms with Gasteiger partial charge in [0.2, 0.25) is 0 Å². The summed E-state index contributed by atoms with van der Waals surface area (Å²) in [5.41, 5.74) is 0.855. The minimum atomic E-state index is -1.12. The summed E-state index contributed by atoms with van der Waals surface area (Å²) in [4.78, 5) is 11.4. The molecule has 0 heterocycles. The normalized spacial score (nSPS) is 10.3. The van der Waals surface area contributed by atoms with Crippen molar-refractivity contribution in [1.82, 2.24) is 0 Å². The molecular formula is C17H16Cl2O5. The number of ether oxygens (including phenoxy) is 3. The Balaban J connectivity index is 2.17. The number of benzene rings is 2. The number of methoxy groups -OCH3 is 2. The molecule has 0 saturated carbocycles. The number of carbonyl (C=O) groups is 1. The number of aromatic carboxylic acids is 1. The van der Waals surface area contributed by atoms with Gasteiger partial charge in [0.25, 0.3) is 0 Å². The maximum Gasteiger partial charge on any atom is 0.339 e. The van der Waals surface area contributed by atoms with Crippen molar-refractivity contribution < 1.29 is 24.1 Å². The lowest BCUT2D eigenvalue weighted by Crippen LogP contribution is -2.07. The molecule has 24 heavy (non-hydrogen) atoms. The van der Waals surface area contributed by atoms with E-state index in [4.69, 9.17) is 37.4 Å². The third-order valence-electron chi connectivity index (χ3n) is 3.36. The van der Waals surface area contributed by atoms with Crippen molar-refractivity contribution in [1.29, 1.82) is 0 Å². The lowest BCUT2D eigenvalue weighted by molar-refractivity contribution is 0.0691. The molecule has 5 nitrogen and oxygen atoms in total. The van der Waals surface area contributed by atoms with Crippen molar-refractivity contribution in [2.75, 3.05) is 20.8 Å². The van der Waals surface area contributed by atoms with Gasteiger partial charge in [-0.1, -0.05) is 29.3 Å². The number of hydrogen-bond acceptors (Lipinski definition) is 4. The largest absolute Gasteiger partial charge is 0.493 e. The van der Waals surface area contributed by atoms with Crippen LogP contribution in [0.1, 0.15) is 15.9 Å². The molecule has 0 aliphatic rings. The fraction of sp³-hybridized carbons (Fsp3) is 0.235. The van der Waals surface area contributed by atoms with Crippen LogP contribution in [0.2, 0.25) is 10.0 Å². The molecule has 0 saturated heterocycles. The van der Waals surface area contributed by atoms with Crippen LogP contribution in [0.4, 0.5) is 0 Å². The third-order valence-corrected chi connectivity index (χ3v) is 3.95. The summed E-state index contributed by atoms with van der Waals surface area (Å²) in [5, 5.41) is 10.4. The van der Waals surface area contributed by atoms with E-state index in [2.05, 4.69) is 0 Å². The minimum Gasteiger partial charge on any atom is -0.493 e. The van der Waals surface area contributed by atoms with Gasteiger partial charge >= 0.3 is 5.97 Å². The fourth-order valence-electron chi connectivity index (χ4n) is 2.14. The molecule has 2 aromatic carbocycles. The Kier molecular flexibility index (Phi) is 6.17. The third kappa shape index (κ3) is 4.24. The lowest BCUT2D eigenvalue weighted by Gasteiger charge is -2.14. The van der Waals surface area contributed by atoms with Crippen LogP contribution < -0.4 is 14.2 Å². The van der Waals surface area contributed by atoms with Gasteiger partial charge in [-0.15, -0.1) is 0 Å². The van der Waals surface area contributed by atoms with Crippen molar-refractivity contribution in [3.63, 3.8) is 0 Å². The van der Waals surface area contributed by atoms with Crippen molar-refractivity contribution in [2.24, 2.45) is 0 Å². The highest BCUT2D eigenvalue weighted by Crippen LogP contribution is 2.35. The van der Waals surface area contributed by atoms with Gasteiger partial charge in [-0.3, -0.25) is 0 Å². The van der Waals surface area contributed by atoms with E-state index in [-0.39, 0.29) is 17.9 Å². The second kappa shape index (κ2) is 8.13. The molecule has 0 aliphatic heterocycles. The molecule has 0 amide bonds. The number of rotatable bonds is 7. The van der Waals surface area contributed by atoms with Crippen LogP contribution in [0.15, 0.2) is 30.3 Å². The molecule has 0 atom stereocenters. The van der Waals surface area contributed by atoms with Crippen LogP contribution in [0.3, 0.4) is 0 Å². The van der Waals surface area contributed by atoms with Gasteiger partial charge in [-0.25, -0.2) is 4.79 Å². The van der Waals surface area contributed by atoms with E-state index in [9.17, 15) is 9.90 Å². The van der Waals surface area contributed by atoms with Crippen LogP contribution >= 0.6 is 23.2 Å². The summed E-state index contributed by atoms with van der Waals surface area (Å²) in [5.74, 6) is -0.203. The number of hydrogen-bond donors (Lipinski definition) is 1. The van der Waals surface area contributed by atoms with Gasteiger partial charge in [0.1, 0.15) is 11.3 Å². The molecule has 2 rings (SSSR count). The lowest BCUT2D eigenvalue weighted by atomic mass is 10.1. The van der Waals surface area contributed by atoms with Crippen molar-refractivity contribution >= 4 is 29.2 Å². The quantitative estimate of drug-likeness (QED) is 0.785. The summed E-state index contributed by atoms with van der Waals surface area (Å²) < 4.78 is 15.9. The smallest absolute Gasteiger partial charge is 0.339 e. The molecule has 1 N–H and O–H groups in total. The summed E-state index contributed by atoms with van der Waals surface area (Å²) in [7, 11) is 2.90. The van der Waals surface area contributed by atoms with Crippen molar-refractivity contribution in [3.05, 3.63) is 51.5 Å². The maximum atomic E-state index is 11.4. The number of carboxylic acids is 1. The van der Waals surface area contributed by atoms with Gasteiger partial charge in [-0.2, -0.15) is 0 Å².